The van der Waals surface area contributed by atoms with E-state index in [1.807, 2.05) is 32.0 Å². The molecule has 0 aliphatic rings. The molecular weight excluding hydrogens is 284 g/mol. The SMILES string of the molecule is Cc1ccc(C)c(NC(=O)Nc2ccc(C(=O)O)c(O)c2)c1. The molecule has 4 N–H and O–H groups in total. The zero-order valence-corrected chi connectivity index (χ0v) is 12.2. The van der Waals surface area contributed by atoms with Crippen LogP contribution >= 0.6 is 0 Å². The number of nitrogens with one attached hydrogen (secondary N) is 2. The number of benzene rings is 2. The molecule has 0 spiro atoms. The van der Waals surface area contributed by atoms with Crippen molar-refractivity contribution in [2.75, 3.05) is 10.6 Å². The molecule has 114 valence electrons. The summed E-state index contributed by atoms with van der Waals surface area (Å²) in [5.74, 6) is -1.64. The molecular formula is C16H16N2O4. The lowest BCUT2D eigenvalue weighted by Crippen LogP contribution is -2.20. The zero-order chi connectivity index (χ0) is 16.3. The van der Waals surface area contributed by atoms with Crippen LogP contribution in [0.15, 0.2) is 36.4 Å². The first kappa shape index (κ1) is 15.4. The summed E-state index contributed by atoms with van der Waals surface area (Å²) in [6, 6.07) is 9.04. The van der Waals surface area contributed by atoms with Gasteiger partial charge in [-0.1, -0.05) is 12.1 Å². The van der Waals surface area contributed by atoms with Gasteiger partial charge in [0.2, 0.25) is 0 Å². The normalized spacial score (nSPS) is 10.1. The average molecular weight is 300 g/mol. The predicted molar refractivity (Wildman–Crippen MR) is 83.6 cm³/mol. The maximum absolute atomic E-state index is 12.0. The standard InChI is InChI=1S/C16H16N2O4/c1-9-3-4-10(2)13(7-9)18-16(22)17-11-5-6-12(15(20)21)14(19)8-11/h3-8,19H,1-2H3,(H,20,21)(H2,17,18,22). The lowest BCUT2D eigenvalue weighted by molar-refractivity contribution is 0.0694. The van der Waals surface area contributed by atoms with Gasteiger partial charge in [0.1, 0.15) is 11.3 Å². The number of aryl methyl sites for hydroxylation is 2. The number of carboxylic acids is 1. The van der Waals surface area contributed by atoms with Gasteiger partial charge in [-0.2, -0.15) is 0 Å². The van der Waals surface area contributed by atoms with Gasteiger partial charge < -0.3 is 20.8 Å². The van der Waals surface area contributed by atoms with Crippen LogP contribution in [0.2, 0.25) is 0 Å². The number of anilines is 2. The van der Waals surface area contributed by atoms with Crippen molar-refractivity contribution in [1.29, 1.82) is 0 Å². The lowest BCUT2D eigenvalue weighted by Gasteiger charge is -2.11. The Hall–Kier alpha value is -3.02. The monoisotopic (exact) mass is 300 g/mol. The van der Waals surface area contributed by atoms with Crippen molar-refractivity contribution in [3.05, 3.63) is 53.1 Å². The van der Waals surface area contributed by atoms with Gasteiger partial charge >= 0.3 is 12.0 Å². The number of hydrogen-bond donors (Lipinski definition) is 4. The Morgan fingerprint density at radius 2 is 1.73 bits per heavy atom. The third kappa shape index (κ3) is 3.54. The highest BCUT2D eigenvalue weighted by Crippen LogP contribution is 2.22. The number of aromatic carboxylic acids is 1. The predicted octanol–water partition coefficient (Wildman–Crippen LogP) is 3.35. The van der Waals surface area contributed by atoms with Crippen molar-refractivity contribution in [2.45, 2.75) is 13.8 Å². The van der Waals surface area contributed by atoms with Crippen molar-refractivity contribution in [1.82, 2.24) is 0 Å². The first-order valence-corrected chi connectivity index (χ1v) is 6.58. The first-order chi connectivity index (χ1) is 10.4. The van der Waals surface area contributed by atoms with E-state index in [9.17, 15) is 14.7 Å². The minimum atomic E-state index is -1.23. The van der Waals surface area contributed by atoms with Crippen molar-refractivity contribution in [3.8, 4) is 5.75 Å². The highest BCUT2D eigenvalue weighted by Gasteiger charge is 2.11. The minimum Gasteiger partial charge on any atom is -0.507 e. The van der Waals surface area contributed by atoms with E-state index in [1.165, 1.54) is 18.2 Å². The van der Waals surface area contributed by atoms with Crippen molar-refractivity contribution in [3.63, 3.8) is 0 Å². The number of amides is 2. The molecule has 0 saturated carbocycles. The summed E-state index contributed by atoms with van der Waals surface area (Å²) in [5, 5.41) is 23.7. The number of carboxylic acid groups (broad SMARTS) is 1. The zero-order valence-electron chi connectivity index (χ0n) is 12.2. The van der Waals surface area contributed by atoms with Crippen LogP contribution < -0.4 is 10.6 Å². The Bertz CT molecular complexity index is 741. The van der Waals surface area contributed by atoms with Gasteiger partial charge in [0.15, 0.2) is 0 Å². The third-order valence-electron chi connectivity index (χ3n) is 3.13. The number of urea groups is 1. The topological polar surface area (TPSA) is 98.7 Å². The van der Waals surface area contributed by atoms with E-state index in [2.05, 4.69) is 10.6 Å². The molecule has 0 atom stereocenters. The van der Waals surface area contributed by atoms with E-state index in [0.717, 1.165) is 11.1 Å². The Labute approximate surface area is 127 Å². The molecule has 2 rings (SSSR count). The van der Waals surface area contributed by atoms with Crippen LogP contribution in [0.5, 0.6) is 5.75 Å². The number of rotatable bonds is 3. The van der Waals surface area contributed by atoms with Crippen LogP contribution in [0, 0.1) is 13.8 Å². The molecule has 0 aliphatic carbocycles. The maximum Gasteiger partial charge on any atom is 0.339 e. The molecule has 2 amide bonds. The molecule has 0 aromatic heterocycles. The molecule has 0 radical (unpaired) electrons. The quantitative estimate of drug-likeness (QED) is 0.698. The first-order valence-electron chi connectivity index (χ1n) is 6.58. The van der Waals surface area contributed by atoms with Crippen molar-refractivity contribution >= 4 is 23.4 Å². The van der Waals surface area contributed by atoms with Crippen LogP contribution in [0.4, 0.5) is 16.2 Å². The summed E-state index contributed by atoms with van der Waals surface area (Å²) >= 11 is 0. The van der Waals surface area contributed by atoms with Gasteiger partial charge in [0.05, 0.1) is 0 Å². The molecule has 6 nitrogen and oxygen atoms in total. The number of hydrogen-bond acceptors (Lipinski definition) is 3. The van der Waals surface area contributed by atoms with Gasteiger partial charge in [0.25, 0.3) is 0 Å². The molecule has 0 fully saturated rings. The van der Waals surface area contributed by atoms with Crippen LogP contribution in [0.3, 0.4) is 0 Å². The van der Waals surface area contributed by atoms with Gasteiger partial charge in [-0.25, -0.2) is 9.59 Å². The fourth-order valence-electron chi connectivity index (χ4n) is 1.95. The molecule has 0 bridgehead atoms. The summed E-state index contributed by atoms with van der Waals surface area (Å²) in [4.78, 5) is 22.8. The molecule has 0 aliphatic heterocycles. The highest BCUT2D eigenvalue weighted by atomic mass is 16.4. The summed E-state index contributed by atoms with van der Waals surface area (Å²) in [6.07, 6.45) is 0. The fourth-order valence-corrected chi connectivity index (χ4v) is 1.95. The second-order valence-corrected chi connectivity index (χ2v) is 4.93. The largest absolute Gasteiger partial charge is 0.507 e. The Morgan fingerprint density at radius 3 is 2.36 bits per heavy atom. The van der Waals surface area contributed by atoms with Gasteiger partial charge in [-0.3, -0.25) is 0 Å². The third-order valence-corrected chi connectivity index (χ3v) is 3.13. The lowest BCUT2D eigenvalue weighted by atomic mass is 10.1. The molecule has 2 aromatic rings. The minimum absolute atomic E-state index is 0.222. The molecule has 0 saturated heterocycles. The number of phenols is 1. The number of aromatic hydroxyl groups is 1. The van der Waals surface area contributed by atoms with E-state index < -0.39 is 17.7 Å². The highest BCUT2D eigenvalue weighted by molar-refractivity contribution is 6.01. The molecule has 0 heterocycles. The fraction of sp³-hybridized carbons (Fsp3) is 0.125. The Morgan fingerprint density at radius 1 is 1.00 bits per heavy atom. The van der Waals surface area contributed by atoms with E-state index >= 15 is 0 Å². The van der Waals surface area contributed by atoms with Gasteiger partial charge in [0, 0.05) is 17.4 Å². The smallest absolute Gasteiger partial charge is 0.339 e. The molecule has 22 heavy (non-hydrogen) atoms. The van der Waals surface area contributed by atoms with E-state index in [0.29, 0.717) is 11.4 Å². The second kappa shape index (κ2) is 6.17. The van der Waals surface area contributed by atoms with Crippen LogP contribution in [0.1, 0.15) is 21.5 Å². The summed E-state index contributed by atoms with van der Waals surface area (Å²) in [7, 11) is 0. The average Bonchev–Trinajstić information content (AvgIpc) is 2.42. The van der Waals surface area contributed by atoms with Gasteiger partial charge in [-0.05, 0) is 43.2 Å². The number of carbonyl (C=O) groups is 2. The summed E-state index contributed by atoms with van der Waals surface area (Å²) in [5.41, 5.74) is 2.70. The number of carbonyl (C=O) groups excluding carboxylic acids is 1. The van der Waals surface area contributed by atoms with Crippen molar-refractivity contribution in [2.24, 2.45) is 0 Å². The van der Waals surface area contributed by atoms with E-state index in [4.69, 9.17) is 5.11 Å². The van der Waals surface area contributed by atoms with E-state index in [-0.39, 0.29) is 5.56 Å². The maximum atomic E-state index is 12.0. The molecule has 2 aromatic carbocycles. The summed E-state index contributed by atoms with van der Waals surface area (Å²) in [6.45, 7) is 3.80. The van der Waals surface area contributed by atoms with Gasteiger partial charge in [-0.15, -0.1) is 0 Å². The Balaban J connectivity index is 2.11. The molecule has 0 unspecified atom stereocenters. The van der Waals surface area contributed by atoms with Crippen LogP contribution in [-0.2, 0) is 0 Å². The van der Waals surface area contributed by atoms with Crippen molar-refractivity contribution < 1.29 is 19.8 Å². The van der Waals surface area contributed by atoms with Crippen LogP contribution in [-0.4, -0.2) is 22.2 Å². The summed E-state index contributed by atoms with van der Waals surface area (Å²) < 4.78 is 0. The second-order valence-electron chi connectivity index (χ2n) is 4.93. The van der Waals surface area contributed by atoms with E-state index in [1.54, 1.807) is 0 Å². The van der Waals surface area contributed by atoms with Crippen LogP contribution in [0.25, 0.3) is 0 Å². The molecule has 6 heteroatoms. The Kier molecular flexibility index (Phi) is 4.31.